The van der Waals surface area contributed by atoms with Crippen LogP contribution in [0.1, 0.15) is 31.0 Å². The van der Waals surface area contributed by atoms with Crippen LogP contribution in [0.3, 0.4) is 0 Å². The van der Waals surface area contributed by atoms with Crippen LogP contribution in [0.25, 0.3) is 0 Å². The number of nitrogens with zero attached hydrogens (tertiary/aromatic N) is 3. The van der Waals surface area contributed by atoms with Gasteiger partial charge < -0.3 is 10.6 Å². The Kier molecular flexibility index (Phi) is 3.57. The summed E-state index contributed by atoms with van der Waals surface area (Å²) in [6.07, 6.45) is 5.65. The number of fused-ring (bicyclic) bond motifs is 1. The first kappa shape index (κ1) is 12.7. The maximum Gasteiger partial charge on any atom is 0.126 e. The molecule has 1 aliphatic carbocycles. The first-order valence-corrected chi connectivity index (χ1v) is 7.03. The monoisotopic (exact) mass is 260 g/mol. The largest absolute Gasteiger partial charge is 0.322 e. The quantitative estimate of drug-likeness (QED) is 0.842. The molecule has 2 unspecified atom stereocenters. The summed E-state index contributed by atoms with van der Waals surface area (Å²) in [5, 5.41) is 2.85. The molecule has 5 nitrogen and oxygen atoms in total. The highest BCUT2D eigenvalue weighted by molar-refractivity contribution is 5.34. The van der Waals surface area contributed by atoms with Crippen molar-refractivity contribution < 1.29 is 0 Å². The summed E-state index contributed by atoms with van der Waals surface area (Å²) in [7, 11) is 0. The molecule has 102 valence electrons. The van der Waals surface area contributed by atoms with Crippen LogP contribution in [0.2, 0.25) is 0 Å². The van der Waals surface area contributed by atoms with Crippen LogP contribution in [0.15, 0.2) is 23.5 Å². The molecule has 1 saturated carbocycles. The second-order valence-electron chi connectivity index (χ2n) is 5.81. The summed E-state index contributed by atoms with van der Waals surface area (Å²) >= 11 is 0. The number of pyridine rings is 1. The molecule has 1 aliphatic heterocycles. The Morgan fingerprint density at radius 1 is 1.37 bits per heavy atom. The standard InChI is InChI=1S/C14H20N4O/c15-13(14-5-4-12(17-19)6-16-14)9-18-7-10-2-1-3-11(10)8-18/h4-6,10-11,13H,1-3,7-9,15H2/t10?,11?,13-/m0/s1. The van der Waals surface area contributed by atoms with Crippen molar-refractivity contribution in [3.8, 4) is 0 Å². The van der Waals surface area contributed by atoms with E-state index >= 15 is 0 Å². The fourth-order valence-corrected chi connectivity index (χ4v) is 3.52. The van der Waals surface area contributed by atoms with Gasteiger partial charge >= 0.3 is 0 Å². The Labute approximate surface area is 113 Å². The lowest BCUT2D eigenvalue weighted by Crippen LogP contribution is -2.31. The summed E-state index contributed by atoms with van der Waals surface area (Å²) in [5.41, 5.74) is 7.39. The van der Waals surface area contributed by atoms with Crippen molar-refractivity contribution >= 4 is 5.69 Å². The number of nitroso groups, excluding NO2 is 1. The van der Waals surface area contributed by atoms with E-state index < -0.39 is 0 Å². The van der Waals surface area contributed by atoms with Crippen molar-refractivity contribution in [3.05, 3.63) is 28.9 Å². The van der Waals surface area contributed by atoms with Gasteiger partial charge in [-0.25, -0.2) is 0 Å². The molecule has 2 aliphatic rings. The van der Waals surface area contributed by atoms with Crippen LogP contribution in [0, 0.1) is 16.7 Å². The molecular formula is C14H20N4O. The fraction of sp³-hybridized carbons (Fsp3) is 0.643. The lowest BCUT2D eigenvalue weighted by Gasteiger charge is -2.21. The molecule has 1 saturated heterocycles. The van der Waals surface area contributed by atoms with Gasteiger partial charge in [-0.05, 0) is 42.0 Å². The molecule has 5 heteroatoms. The minimum atomic E-state index is -0.0838. The second-order valence-corrected chi connectivity index (χ2v) is 5.81. The van der Waals surface area contributed by atoms with Crippen LogP contribution in [-0.4, -0.2) is 29.5 Å². The lowest BCUT2D eigenvalue weighted by atomic mass is 10.0. The third-order valence-electron chi connectivity index (χ3n) is 4.51. The molecule has 3 atom stereocenters. The molecular weight excluding hydrogens is 240 g/mol. The zero-order valence-corrected chi connectivity index (χ0v) is 11.0. The van der Waals surface area contributed by atoms with Gasteiger partial charge in [0.1, 0.15) is 5.69 Å². The van der Waals surface area contributed by atoms with Crippen molar-refractivity contribution in [2.24, 2.45) is 22.7 Å². The molecule has 2 fully saturated rings. The van der Waals surface area contributed by atoms with E-state index in [0.29, 0.717) is 5.69 Å². The van der Waals surface area contributed by atoms with Crippen molar-refractivity contribution in [1.29, 1.82) is 0 Å². The topological polar surface area (TPSA) is 71.6 Å². The molecule has 0 spiro atoms. The summed E-state index contributed by atoms with van der Waals surface area (Å²) in [6.45, 7) is 3.23. The average Bonchev–Trinajstić information content (AvgIpc) is 2.99. The Morgan fingerprint density at radius 2 is 2.11 bits per heavy atom. The van der Waals surface area contributed by atoms with E-state index in [1.54, 1.807) is 12.1 Å². The van der Waals surface area contributed by atoms with Crippen LogP contribution >= 0.6 is 0 Å². The third kappa shape index (κ3) is 2.67. The van der Waals surface area contributed by atoms with E-state index in [9.17, 15) is 4.91 Å². The summed E-state index contributed by atoms with van der Waals surface area (Å²) in [5.74, 6) is 1.78. The molecule has 0 bridgehead atoms. The van der Waals surface area contributed by atoms with Gasteiger partial charge in [0.15, 0.2) is 0 Å². The van der Waals surface area contributed by atoms with Crippen molar-refractivity contribution in [2.45, 2.75) is 25.3 Å². The fourth-order valence-electron chi connectivity index (χ4n) is 3.52. The number of rotatable bonds is 4. The summed E-state index contributed by atoms with van der Waals surface area (Å²) in [4.78, 5) is 17.0. The molecule has 0 amide bonds. The molecule has 0 radical (unpaired) electrons. The van der Waals surface area contributed by atoms with Gasteiger partial charge in [-0.2, -0.15) is 0 Å². The van der Waals surface area contributed by atoms with Crippen LogP contribution in [0.4, 0.5) is 5.69 Å². The van der Waals surface area contributed by atoms with Gasteiger partial charge in [0, 0.05) is 19.6 Å². The van der Waals surface area contributed by atoms with Crippen LogP contribution in [-0.2, 0) is 0 Å². The van der Waals surface area contributed by atoms with E-state index in [1.807, 2.05) is 0 Å². The normalized spacial score (nSPS) is 28.3. The van der Waals surface area contributed by atoms with E-state index in [4.69, 9.17) is 5.73 Å². The molecule has 2 heterocycles. The Balaban J connectivity index is 1.58. The molecule has 2 N–H and O–H groups in total. The summed E-state index contributed by atoms with van der Waals surface area (Å²) in [6, 6.07) is 3.39. The van der Waals surface area contributed by atoms with Gasteiger partial charge in [0.05, 0.1) is 17.9 Å². The van der Waals surface area contributed by atoms with Crippen molar-refractivity contribution in [2.75, 3.05) is 19.6 Å². The highest BCUT2D eigenvalue weighted by Gasteiger charge is 2.36. The molecule has 1 aromatic rings. The highest BCUT2D eigenvalue weighted by atomic mass is 16.3. The van der Waals surface area contributed by atoms with E-state index in [-0.39, 0.29) is 6.04 Å². The Morgan fingerprint density at radius 3 is 2.68 bits per heavy atom. The average molecular weight is 260 g/mol. The van der Waals surface area contributed by atoms with E-state index in [0.717, 1.165) is 24.1 Å². The molecule has 0 aromatic carbocycles. The Bertz CT molecular complexity index is 435. The van der Waals surface area contributed by atoms with E-state index in [2.05, 4.69) is 15.1 Å². The minimum absolute atomic E-state index is 0.0838. The van der Waals surface area contributed by atoms with Gasteiger partial charge in [0.25, 0.3) is 0 Å². The molecule has 3 rings (SSSR count). The maximum absolute atomic E-state index is 10.3. The first-order chi connectivity index (χ1) is 9.26. The smallest absolute Gasteiger partial charge is 0.126 e. The number of hydrogen-bond donors (Lipinski definition) is 1. The predicted octanol–water partition coefficient (Wildman–Crippen LogP) is 2.21. The van der Waals surface area contributed by atoms with E-state index in [1.165, 1.54) is 38.5 Å². The first-order valence-electron chi connectivity index (χ1n) is 7.03. The van der Waals surface area contributed by atoms with Gasteiger partial charge in [0.2, 0.25) is 0 Å². The Hall–Kier alpha value is -1.33. The number of hydrogen-bond acceptors (Lipinski definition) is 5. The molecule has 1 aromatic heterocycles. The predicted molar refractivity (Wildman–Crippen MR) is 73.9 cm³/mol. The van der Waals surface area contributed by atoms with Crippen LogP contribution in [0.5, 0.6) is 0 Å². The molecule has 19 heavy (non-hydrogen) atoms. The third-order valence-corrected chi connectivity index (χ3v) is 4.51. The van der Waals surface area contributed by atoms with Crippen molar-refractivity contribution in [1.82, 2.24) is 9.88 Å². The lowest BCUT2D eigenvalue weighted by molar-refractivity contribution is 0.290. The van der Waals surface area contributed by atoms with Crippen molar-refractivity contribution in [3.63, 3.8) is 0 Å². The SMILES string of the molecule is N[C@@H](CN1CC2CCCC2C1)c1ccc(N=O)cn1. The van der Waals surface area contributed by atoms with Gasteiger partial charge in [-0.3, -0.25) is 4.98 Å². The number of nitrogens with two attached hydrogens (primary N) is 1. The number of likely N-dealkylation sites (tertiary alicyclic amines) is 1. The van der Waals surface area contributed by atoms with Crippen LogP contribution < -0.4 is 5.73 Å². The van der Waals surface area contributed by atoms with Gasteiger partial charge in [-0.1, -0.05) is 6.42 Å². The summed E-state index contributed by atoms with van der Waals surface area (Å²) < 4.78 is 0. The highest BCUT2D eigenvalue weighted by Crippen LogP contribution is 2.37. The maximum atomic E-state index is 10.3. The zero-order valence-electron chi connectivity index (χ0n) is 11.0. The number of aromatic nitrogens is 1. The minimum Gasteiger partial charge on any atom is -0.322 e. The zero-order chi connectivity index (χ0) is 13.2. The van der Waals surface area contributed by atoms with Gasteiger partial charge in [-0.15, -0.1) is 4.91 Å². The second kappa shape index (κ2) is 5.35.